The molecule has 3 aliphatic heterocycles. The summed E-state index contributed by atoms with van der Waals surface area (Å²) >= 11 is 0. The maximum absolute atomic E-state index is 14.9. The summed E-state index contributed by atoms with van der Waals surface area (Å²) < 4.78 is 14.4. The van der Waals surface area contributed by atoms with Gasteiger partial charge in [-0.25, -0.2) is 0 Å². The summed E-state index contributed by atoms with van der Waals surface area (Å²) in [6.07, 6.45) is 2.47. The summed E-state index contributed by atoms with van der Waals surface area (Å²) in [5.41, 5.74) is 3.27. The fourth-order valence-corrected chi connectivity index (χ4v) is 10.7. The first-order valence-electron chi connectivity index (χ1n) is 16.9. The lowest BCUT2D eigenvalue weighted by Crippen LogP contribution is -2.46. The van der Waals surface area contributed by atoms with Gasteiger partial charge in [-0.1, -0.05) is 54.6 Å². The molecule has 1 aromatic heterocycles. The van der Waals surface area contributed by atoms with E-state index in [1.54, 1.807) is 21.6 Å². The number of anilines is 2. The van der Waals surface area contributed by atoms with E-state index in [4.69, 9.17) is 9.47 Å². The van der Waals surface area contributed by atoms with E-state index in [9.17, 15) is 19.5 Å². The van der Waals surface area contributed by atoms with Gasteiger partial charge in [0, 0.05) is 48.4 Å². The second kappa shape index (κ2) is 12.8. The molecule has 49 heavy (non-hydrogen) atoms. The minimum atomic E-state index is -2.88. The number of fused-ring (bicyclic) bond motifs is 2. The number of aliphatic hydroxyl groups excluding tert-OH is 1. The first-order chi connectivity index (χ1) is 23.5. The molecule has 0 aliphatic carbocycles. The van der Waals surface area contributed by atoms with Gasteiger partial charge in [0.2, 0.25) is 5.91 Å². The molecule has 1 spiro atoms. The lowest BCUT2D eigenvalue weighted by atomic mass is 9.82. The van der Waals surface area contributed by atoms with Gasteiger partial charge in [-0.2, -0.15) is 0 Å². The van der Waals surface area contributed by atoms with Crippen LogP contribution in [-0.4, -0.2) is 71.4 Å². The third-order valence-corrected chi connectivity index (χ3v) is 13.0. The van der Waals surface area contributed by atoms with Crippen molar-refractivity contribution in [3.8, 4) is 5.75 Å². The van der Waals surface area contributed by atoms with Gasteiger partial charge in [-0.15, -0.1) is 5.10 Å². The van der Waals surface area contributed by atoms with E-state index in [0.717, 1.165) is 28.1 Å². The second-order valence-electron chi connectivity index (χ2n) is 13.9. The number of aliphatic hydroxyl groups is 1. The maximum atomic E-state index is 14.9. The number of β-lactam (4-membered cyclic amide) rings is 1. The monoisotopic (exact) mass is 681 g/mol. The van der Waals surface area contributed by atoms with Crippen molar-refractivity contribution in [2.45, 2.75) is 69.1 Å². The predicted molar refractivity (Wildman–Crippen MR) is 187 cm³/mol. The quantitative estimate of drug-likeness (QED) is 0.174. The smallest absolute Gasteiger partial charge is 0.264 e. The molecule has 0 radical (unpaired) electrons. The van der Waals surface area contributed by atoms with Crippen LogP contribution in [0.2, 0.25) is 18.6 Å². The van der Waals surface area contributed by atoms with Crippen LogP contribution in [0.3, 0.4) is 0 Å². The Hall–Kier alpha value is -4.36. The molecule has 2 fully saturated rings. The SMILES string of the molecule is COc1ccc2c(c1)[C@@]1(O[C@H](CCn3cc(C(CO)c4ccccc4)nn3)[C@@H]([Si](C)(C)O)[C@@H]1C)C(=O)N2Cc1cccc(N2CCC2=O)c1. The Kier molecular flexibility index (Phi) is 8.68. The molecule has 0 bridgehead atoms. The number of ether oxygens (including phenoxy) is 2. The van der Waals surface area contributed by atoms with E-state index in [1.165, 1.54) is 0 Å². The molecule has 7 rings (SSSR count). The van der Waals surface area contributed by atoms with Crippen LogP contribution in [0, 0.1) is 5.92 Å². The Labute approximate surface area is 287 Å². The molecule has 256 valence electrons. The van der Waals surface area contributed by atoms with Crippen molar-refractivity contribution in [3.63, 3.8) is 0 Å². The van der Waals surface area contributed by atoms with Crippen molar-refractivity contribution in [1.29, 1.82) is 0 Å². The first-order valence-corrected chi connectivity index (χ1v) is 19.9. The van der Waals surface area contributed by atoms with Gasteiger partial charge >= 0.3 is 0 Å². The minimum absolute atomic E-state index is 0.0942. The van der Waals surface area contributed by atoms with Gasteiger partial charge in [0.25, 0.3) is 5.91 Å². The zero-order chi connectivity index (χ0) is 34.5. The van der Waals surface area contributed by atoms with Crippen molar-refractivity contribution in [2.24, 2.45) is 5.92 Å². The standard InChI is InChI=1S/C37H43N5O6Si/c1-24-35(49(3,4)46)33(15-17-40-22-31(38-39-40)29(23-43)26-10-6-5-7-11-26)48-37(24)30-20-28(47-2)13-14-32(30)42(36(37)45)21-25-9-8-12-27(19-25)41-18-16-34(41)44/h5-14,19-20,22,24,29,33,35,43,46H,15-18,21,23H2,1-4H3/t24-,29?,33+,35-,37+/m0/s1. The van der Waals surface area contributed by atoms with E-state index >= 15 is 0 Å². The third-order valence-electron chi connectivity index (χ3n) is 10.5. The molecule has 2 N–H and O–H groups in total. The second-order valence-corrected chi connectivity index (χ2v) is 17.9. The number of carbonyl (C=O) groups is 2. The largest absolute Gasteiger partial charge is 0.497 e. The predicted octanol–water partition coefficient (Wildman–Crippen LogP) is 4.58. The normalized spacial score (nSPS) is 24.0. The van der Waals surface area contributed by atoms with Crippen molar-refractivity contribution >= 4 is 31.5 Å². The number of rotatable bonds is 11. The highest BCUT2D eigenvalue weighted by Crippen LogP contribution is 2.60. The molecule has 4 heterocycles. The van der Waals surface area contributed by atoms with Gasteiger partial charge in [-0.3, -0.25) is 14.3 Å². The van der Waals surface area contributed by atoms with Crippen LogP contribution < -0.4 is 14.5 Å². The Bertz CT molecular complexity index is 1860. The zero-order valence-corrected chi connectivity index (χ0v) is 29.3. The highest BCUT2D eigenvalue weighted by molar-refractivity contribution is 6.71. The van der Waals surface area contributed by atoms with Gasteiger partial charge in [0.1, 0.15) is 5.75 Å². The maximum Gasteiger partial charge on any atom is 0.264 e. The van der Waals surface area contributed by atoms with Crippen LogP contribution in [0.25, 0.3) is 0 Å². The molecule has 2 amide bonds. The first kappa shape index (κ1) is 33.1. The van der Waals surface area contributed by atoms with E-state index in [0.29, 0.717) is 43.9 Å². The number of carbonyl (C=O) groups excluding carboxylic acids is 2. The molecule has 12 heteroatoms. The Morgan fingerprint density at radius 1 is 1.08 bits per heavy atom. The topological polar surface area (TPSA) is 130 Å². The highest BCUT2D eigenvalue weighted by Gasteiger charge is 2.66. The number of hydrogen-bond donors (Lipinski definition) is 2. The number of aryl methyl sites for hydroxylation is 1. The molecular formula is C37H43N5O6Si. The van der Waals surface area contributed by atoms with Crippen LogP contribution in [0.5, 0.6) is 5.75 Å². The molecular weight excluding hydrogens is 639 g/mol. The summed E-state index contributed by atoms with van der Waals surface area (Å²) in [5.74, 6) is -0.0808. The Balaban J connectivity index is 1.18. The number of benzene rings is 3. The highest BCUT2D eigenvalue weighted by atomic mass is 28.4. The fourth-order valence-electron chi connectivity index (χ4n) is 8.10. The number of nitrogens with zero attached hydrogens (tertiary/aromatic N) is 5. The molecule has 11 nitrogen and oxygen atoms in total. The van der Waals surface area contributed by atoms with E-state index < -0.39 is 20.0 Å². The molecule has 0 saturated carbocycles. The molecule has 1 unspecified atom stereocenters. The average Bonchev–Trinajstić information content (AvgIpc) is 3.74. The van der Waals surface area contributed by atoms with Crippen molar-refractivity contribution < 1.29 is 29.0 Å². The lowest BCUT2D eigenvalue weighted by molar-refractivity contribution is -0.146. The van der Waals surface area contributed by atoms with Crippen LogP contribution in [-0.2, 0) is 33.0 Å². The number of amides is 2. The van der Waals surface area contributed by atoms with Crippen LogP contribution in [0.4, 0.5) is 11.4 Å². The Morgan fingerprint density at radius 3 is 2.55 bits per heavy atom. The van der Waals surface area contributed by atoms with Gasteiger partial charge < -0.3 is 29.2 Å². The molecule has 4 aromatic rings. The van der Waals surface area contributed by atoms with Crippen molar-refractivity contribution in [3.05, 3.63) is 101 Å². The fraction of sp³-hybridized carbons (Fsp3) is 0.405. The van der Waals surface area contributed by atoms with Crippen LogP contribution in [0.15, 0.2) is 79.0 Å². The average molecular weight is 682 g/mol. The molecule has 2 saturated heterocycles. The zero-order valence-electron chi connectivity index (χ0n) is 28.3. The molecule has 5 atom stereocenters. The molecule has 3 aromatic carbocycles. The number of hydrogen-bond acceptors (Lipinski definition) is 8. The summed E-state index contributed by atoms with van der Waals surface area (Å²) in [6.45, 7) is 7.20. The van der Waals surface area contributed by atoms with E-state index in [1.807, 2.05) is 99.0 Å². The van der Waals surface area contributed by atoms with Crippen molar-refractivity contribution in [1.82, 2.24) is 15.0 Å². The Morgan fingerprint density at radius 2 is 1.88 bits per heavy atom. The van der Waals surface area contributed by atoms with Gasteiger partial charge in [0.15, 0.2) is 13.9 Å². The van der Waals surface area contributed by atoms with Crippen LogP contribution >= 0.6 is 0 Å². The van der Waals surface area contributed by atoms with E-state index in [-0.39, 0.29) is 35.8 Å². The summed E-state index contributed by atoms with van der Waals surface area (Å²) in [7, 11) is -1.28. The van der Waals surface area contributed by atoms with Gasteiger partial charge in [0.05, 0.1) is 43.7 Å². The lowest BCUT2D eigenvalue weighted by Gasteiger charge is -2.32. The summed E-state index contributed by atoms with van der Waals surface area (Å²) in [6, 6.07) is 23.2. The van der Waals surface area contributed by atoms with Gasteiger partial charge in [-0.05, 0) is 61.0 Å². The van der Waals surface area contributed by atoms with Crippen molar-refractivity contribution in [2.75, 3.05) is 30.1 Å². The third kappa shape index (κ3) is 5.76. The van der Waals surface area contributed by atoms with Crippen LogP contribution in [0.1, 0.15) is 48.1 Å². The summed E-state index contributed by atoms with van der Waals surface area (Å²) in [5, 5.41) is 18.9. The number of methoxy groups -OCH3 is 1. The minimum Gasteiger partial charge on any atom is -0.497 e. The van der Waals surface area contributed by atoms with E-state index in [2.05, 4.69) is 10.3 Å². The molecule has 3 aliphatic rings. The summed E-state index contributed by atoms with van der Waals surface area (Å²) in [4.78, 5) is 42.3. The number of aromatic nitrogens is 3.